The summed E-state index contributed by atoms with van der Waals surface area (Å²) in [6.07, 6.45) is 1.79. The average molecular weight is 456 g/mol. The molecule has 164 valence electrons. The second-order valence-corrected chi connectivity index (χ2v) is 8.53. The molecule has 1 aliphatic heterocycles. The smallest absolute Gasteiger partial charge is 0.329 e. The Hall–Kier alpha value is -3.83. The number of nitrogens with one attached hydrogen (secondary N) is 1. The van der Waals surface area contributed by atoms with E-state index >= 15 is 0 Å². The van der Waals surface area contributed by atoms with Gasteiger partial charge in [-0.25, -0.2) is 4.79 Å². The molecule has 5 rings (SSSR count). The van der Waals surface area contributed by atoms with E-state index in [4.69, 9.17) is 11.6 Å². The van der Waals surface area contributed by atoms with Gasteiger partial charge in [0.1, 0.15) is 5.70 Å². The van der Waals surface area contributed by atoms with E-state index in [2.05, 4.69) is 28.1 Å². The Morgan fingerprint density at radius 3 is 2.27 bits per heavy atom. The van der Waals surface area contributed by atoms with E-state index in [9.17, 15) is 9.59 Å². The predicted octanol–water partition coefficient (Wildman–Crippen LogP) is 5.74. The van der Waals surface area contributed by atoms with Gasteiger partial charge in [-0.1, -0.05) is 72.3 Å². The molecule has 1 aliphatic rings. The van der Waals surface area contributed by atoms with Gasteiger partial charge in [0.15, 0.2) is 0 Å². The van der Waals surface area contributed by atoms with Crippen LogP contribution in [0.1, 0.15) is 22.4 Å². The lowest BCUT2D eigenvalue weighted by Crippen LogP contribution is -2.30. The number of urea groups is 1. The SMILES string of the molecule is Cc1c(/C=C2\NC(=O)N(Cc3ccc(Cl)cc3)C2=O)c2ccccc2n1Cc1ccccc1. The van der Waals surface area contributed by atoms with Crippen molar-refractivity contribution in [2.45, 2.75) is 20.0 Å². The number of aromatic nitrogens is 1. The van der Waals surface area contributed by atoms with Gasteiger partial charge in [0, 0.05) is 33.7 Å². The van der Waals surface area contributed by atoms with Crippen LogP contribution >= 0.6 is 11.6 Å². The van der Waals surface area contributed by atoms with Crippen LogP contribution in [0.5, 0.6) is 0 Å². The number of fused-ring (bicyclic) bond motifs is 1. The van der Waals surface area contributed by atoms with Crippen LogP contribution in [0, 0.1) is 6.92 Å². The average Bonchev–Trinajstić information content (AvgIpc) is 3.24. The molecule has 5 nitrogen and oxygen atoms in total. The molecule has 0 radical (unpaired) electrons. The number of benzene rings is 3. The second-order valence-electron chi connectivity index (χ2n) is 8.09. The number of carbonyl (C=O) groups is 2. The summed E-state index contributed by atoms with van der Waals surface area (Å²) >= 11 is 5.94. The highest BCUT2D eigenvalue weighted by Crippen LogP contribution is 2.29. The molecule has 6 heteroatoms. The first-order valence-corrected chi connectivity index (χ1v) is 11.1. The minimum Gasteiger partial charge on any atom is -0.340 e. The van der Waals surface area contributed by atoms with E-state index in [1.54, 1.807) is 18.2 Å². The highest BCUT2D eigenvalue weighted by molar-refractivity contribution is 6.30. The van der Waals surface area contributed by atoms with Gasteiger partial charge in [0.2, 0.25) is 0 Å². The second kappa shape index (κ2) is 8.60. The number of halogens is 1. The normalized spacial score (nSPS) is 15.0. The third-order valence-corrected chi connectivity index (χ3v) is 6.22. The topological polar surface area (TPSA) is 54.3 Å². The number of para-hydroxylation sites is 1. The molecular formula is C27H22ClN3O2. The molecule has 1 fully saturated rings. The van der Waals surface area contributed by atoms with Crippen LogP contribution in [-0.4, -0.2) is 21.4 Å². The zero-order chi connectivity index (χ0) is 22.9. The van der Waals surface area contributed by atoms with E-state index in [-0.39, 0.29) is 18.1 Å². The van der Waals surface area contributed by atoms with Crippen LogP contribution in [-0.2, 0) is 17.9 Å². The summed E-state index contributed by atoms with van der Waals surface area (Å²) in [6.45, 7) is 2.95. The Kier molecular flexibility index (Phi) is 5.48. The summed E-state index contributed by atoms with van der Waals surface area (Å²) in [5.74, 6) is -0.339. The van der Waals surface area contributed by atoms with Gasteiger partial charge in [-0.05, 0) is 42.3 Å². The number of hydrogen-bond acceptors (Lipinski definition) is 2. The maximum absolute atomic E-state index is 13.1. The molecule has 3 amide bonds. The molecule has 0 unspecified atom stereocenters. The van der Waals surface area contributed by atoms with E-state index < -0.39 is 6.03 Å². The summed E-state index contributed by atoms with van der Waals surface area (Å²) in [5, 5.41) is 4.40. The zero-order valence-electron chi connectivity index (χ0n) is 18.1. The number of nitrogens with zero attached hydrogens (tertiary/aromatic N) is 2. The summed E-state index contributed by atoms with van der Waals surface area (Å²) < 4.78 is 2.24. The Balaban J connectivity index is 1.50. The summed E-state index contributed by atoms with van der Waals surface area (Å²) in [4.78, 5) is 26.9. The highest BCUT2D eigenvalue weighted by atomic mass is 35.5. The van der Waals surface area contributed by atoms with Crippen molar-refractivity contribution in [1.82, 2.24) is 14.8 Å². The van der Waals surface area contributed by atoms with Crippen molar-refractivity contribution in [3.63, 3.8) is 0 Å². The molecule has 3 aromatic carbocycles. The van der Waals surface area contributed by atoms with E-state index in [1.807, 2.05) is 55.5 Å². The van der Waals surface area contributed by atoms with Crippen LogP contribution in [0.3, 0.4) is 0 Å². The molecular weight excluding hydrogens is 434 g/mol. The van der Waals surface area contributed by atoms with Gasteiger partial charge in [-0.3, -0.25) is 9.69 Å². The maximum Gasteiger partial charge on any atom is 0.329 e. The summed E-state index contributed by atoms with van der Waals surface area (Å²) in [5.41, 5.74) is 5.35. The Morgan fingerprint density at radius 2 is 1.52 bits per heavy atom. The maximum atomic E-state index is 13.1. The lowest BCUT2D eigenvalue weighted by atomic mass is 10.1. The van der Waals surface area contributed by atoms with Crippen molar-refractivity contribution in [3.8, 4) is 0 Å². The number of hydrogen-bond donors (Lipinski definition) is 1. The molecule has 0 aliphatic carbocycles. The van der Waals surface area contributed by atoms with Crippen LogP contribution in [0.25, 0.3) is 17.0 Å². The third-order valence-electron chi connectivity index (χ3n) is 5.97. The zero-order valence-corrected chi connectivity index (χ0v) is 18.8. The predicted molar refractivity (Wildman–Crippen MR) is 131 cm³/mol. The van der Waals surface area contributed by atoms with Crippen molar-refractivity contribution in [2.24, 2.45) is 0 Å². The van der Waals surface area contributed by atoms with E-state index in [0.717, 1.165) is 34.3 Å². The fraction of sp³-hybridized carbons (Fsp3) is 0.111. The molecule has 0 spiro atoms. The van der Waals surface area contributed by atoms with Gasteiger partial charge < -0.3 is 9.88 Å². The van der Waals surface area contributed by atoms with Crippen LogP contribution < -0.4 is 5.32 Å². The molecule has 0 bridgehead atoms. The Labute approximate surface area is 196 Å². The molecule has 1 aromatic heterocycles. The number of amides is 3. The Bertz CT molecular complexity index is 1390. The lowest BCUT2D eigenvalue weighted by Gasteiger charge is -2.11. The van der Waals surface area contributed by atoms with E-state index in [0.29, 0.717) is 5.02 Å². The fourth-order valence-corrected chi connectivity index (χ4v) is 4.37. The van der Waals surface area contributed by atoms with Gasteiger partial charge in [0.25, 0.3) is 5.91 Å². The molecule has 1 saturated heterocycles. The first kappa shape index (κ1) is 21.0. The van der Waals surface area contributed by atoms with Crippen LogP contribution in [0.15, 0.2) is 84.6 Å². The van der Waals surface area contributed by atoms with Crippen LogP contribution in [0.2, 0.25) is 5.02 Å². The van der Waals surface area contributed by atoms with Crippen molar-refractivity contribution in [1.29, 1.82) is 0 Å². The quantitative estimate of drug-likeness (QED) is 0.308. The molecule has 4 aromatic rings. The minimum atomic E-state index is -0.424. The standard InChI is InChI=1S/C27H22ClN3O2/c1-18-23(22-9-5-6-10-25(22)30(18)16-19-7-3-2-4-8-19)15-24-26(32)31(27(33)29-24)17-20-11-13-21(28)14-12-20/h2-15H,16-17H2,1H3,(H,29,33)/b24-15-. The molecule has 33 heavy (non-hydrogen) atoms. The van der Waals surface area contributed by atoms with Crippen molar-refractivity contribution in [3.05, 3.63) is 112 Å². The number of carbonyl (C=O) groups excluding carboxylic acids is 2. The minimum absolute atomic E-state index is 0.188. The monoisotopic (exact) mass is 455 g/mol. The van der Waals surface area contributed by atoms with Gasteiger partial charge in [-0.2, -0.15) is 0 Å². The highest BCUT2D eigenvalue weighted by Gasteiger charge is 2.34. The fourth-order valence-electron chi connectivity index (χ4n) is 4.24. The van der Waals surface area contributed by atoms with Crippen molar-refractivity contribution in [2.75, 3.05) is 0 Å². The number of imide groups is 1. The van der Waals surface area contributed by atoms with Gasteiger partial charge in [0.05, 0.1) is 6.54 Å². The molecule has 2 heterocycles. The first-order valence-electron chi connectivity index (χ1n) is 10.7. The lowest BCUT2D eigenvalue weighted by molar-refractivity contribution is -0.123. The molecule has 0 saturated carbocycles. The number of rotatable bonds is 5. The molecule has 0 atom stereocenters. The Morgan fingerprint density at radius 1 is 0.848 bits per heavy atom. The van der Waals surface area contributed by atoms with Gasteiger partial charge >= 0.3 is 6.03 Å². The molecule has 1 N–H and O–H groups in total. The third kappa shape index (κ3) is 4.03. The summed E-state index contributed by atoms with van der Waals surface area (Å²) in [7, 11) is 0. The van der Waals surface area contributed by atoms with Crippen molar-refractivity contribution >= 4 is 40.5 Å². The van der Waals surface area contributed by atoms with Crippen molar-refractivity contribution < 1.29 is 9.59 Å². The van der Waals surface area contributed by atoms with Gasteiger partial charge in [-0.15, -0.1) is 0 Å². The summed E-state index contributed by atoms with van der Waals surface area (Å²) in [6, 6.07) is 25.1. The van der Waals surface area contributed by atoms with E-state index in [1.165, 1.54) is 10.5 Å². The van der Waals surface area contributed by atoms with Crippen LogP contribution in [0.4, 0.5) is 4.79 Å². The largest absolute Gasteiger partial charge is 0.340 e. The first-order chi connectivity index (χ1) is 16.0.